The molecule has 0 bridgehead atoms. The van der Waals surface area contributed by atoms with Crippen molar-refractivity contribution in [3.63, 3.8) is 0 Å². The molecule has 1 N–H and O–H groups in total. The minimum absolute atomic E-state index is 0.128. The van der Waals surface area contributed by atoms with E-state index in [4.69, 9.17) is 9.73 Å². The molecule has 1 aliphatic rings. The van der Waals surface area contributed by atoms with Gasteiger partial charge in [-0.2, -0.15) is 0 Å². The molecule has 0 unspecified atom stereocenters. The average molecular weight is 278 g/mol. The number of para-hydroxylation sites is 1. The second-order valence-electron chi connectivity index (χ2n) is 4.85. The largest absolute Gasteiger partial charge is 0.380 e. The van der Waals surface area contributed by atoms with Crippen molar-refractivity contribution in [1.29, 1.82) is 0 Å². The van der Waals surface area contributed by atoms with Gasteiger partial charge in [-0.25, -0.2) is 0 Å². The lowest BCUT2D eigenvalue weighted by atomic mass is 9.97. The van der Waals surface area contributed by atoms with Crippen LogP contribution in [-0.2, 0) is 11.3 Å². The second-order valence-corrected chi connectivity index (χ2v) is 5.82. The fourth-order valence-corrected chi connectivity index (χ4v) is 3.52. The Balaban J connectivity index is 2.14. The number of ether oxygens (including phenoxy) is 1. The van der Waals surface area contributed by atoms with E-state index in [2.05, 4.69) is 31.3 Å². The number of thioether (sulfide) groups is 1. The maximum Gasteiger partial charge on any atom is 0.161 e. The van der Waals surface area contributed by atoms with E-state index in [0.717, 1.165) is 29.4 Å². The van der Waals surface area contributed by atoms with Crippen molar-refractivity contribution < 1.29 is 4.74 Å². The Morgan fingerprint density at radius 1 is 1.32 bits per heavy atom. The monoisotopic (exact) mass is 278 g/mol. The number of hydrogen-bond acceptors (Lipinski definition) is 4. The van der Waals surface area contributed by atoms with E-state index < -0.39 is 0 Å². The van der Waals surface area contributed by atoms with Crippen molar-refractivity contribution >= 4 is 22.6 Å². The molecule has 0 atom stereocenters. The molecule has 1 heterocycles. The van der Waals surface area contributed by atoms with Gasteiger partial charge in [0.05, 0.1) is 12.1 Å². The fourth-order valence-electron chi connectivity index (χ4n) is 2.20. The van der Waals surface area contributed by atoms with E-state index in [1.54, 1.807) is 7.11 Å². The molecule has 1 aromatic rings. The van der Waals surface area contributed by atoms with E-state index >= 15 is 0 Å². The van der Waals surface area contributed by atoms with Crippen LogP contribution in [0.4, 0.5) is 5.69 Å². The lowest BCUT2D eigenvalue weighted by Gasteiger charge is -2.20. The smallest absolute Gasteiger partial charge is 0.161 e. The summed E-state index contributed by atoms with van der Waals surface area (Å²) in [5, 5.41) is 4.49. The number of rotatable bonds is 5. The molecule has 4 heteroatoms. The van der Waals surface area contributed by atoms with Gasteiger partial charge in [0.15, 0.2) is 5.17 Å². The van der Waals surface area contributed by atoms with E-state index in [1.807, 2.05) is 23.9 Å². The van der Waals surface area contributed by atoms with Crippen molar-refractivity contribution in [2.24, 2.45) is 4.99 Å². The lowest BCUT2D eigenvalue weighted by molar-refractivity contribution is 0.185. The quantitative estimate of drug-likeness (QED) is 0.886. The third-order valence-corrected chi connectivity index (χ3v) is 4.84. The number of nitrogens with one attached hydrogen (secondary N) is 1. The lowest BCUT2D eigenvalue weighted by Crippen LogP contribution is -2.24. The Hall–Kier alpha value is -1.00. The summed E-state index contributed by atoms with van der Waals surface area (Å²) in [4.78, 5) is 4.88. The van der Waals surface area contributed by atoms with Crippen LogP contribution in [0.3, 0.4) is 0 Å². The van der Waals surface area contributed by atoms with Crippen LogP contribution in [-0.4, -0.2) is 23.6 Å². The summed E-state index contributed by atoms with van der Waals surface area (Å²) in [5.74, 6) is 1.08. The molecule has 104 valence electrons. The molecule has 1 aliphatic heterocycles. The zero-order valence-corrected chi connectivity index (χ0v) is 12.7. The van der Waals surface area contributed by atoms with Gasteiger partial charge >= 0.3 is 0 Å². The molecule has 19 heavy (non-hydrogen) atoms. The van der Waals surface area contributed by atoms with E-state index in [-0.39, 0.29) is 5.54 Å². The molecular formula is C15H22N2OS. The van der Waals surface area contributed by atoms with Gasteiger partial charge < -0.3 is 10.1 Å². The van der Waals surface area contributed by atoms with Crippen molar-refractivity contribution in [3.05, 3.63) is 29.8 Å². The first-order valence-corrected chi connectivity index (χ1v) is 7.78. The number of amidine groups is 1. The second kappa shape index (κ2) is 6.44. The molecule has 2 rings (SSSR count). The highest BCUT2D eigenvalue weighted by molar-refractivity contribution is 8.14. The highest BCUT2D eigenvalue weighted by Crippen LogP contribution is 2.34. The number of methoxy groups -OCH3 is 1. The molecule has 0 aromatic heterocycles. The summed E-state index contributed by atoms with van der Waals surface area (Å²) >= 11 is 1.82. The van der Waals surface area contributed by atoms with Gasteiger partial charge in [0.2, 0.25) is 0 Å². The SMILES string of the molecule is CCC1(CC)CSC(Nc2ccccc2COC)=N1. The normalized spacial score (nSPS) is 17.3. The average Bonchev–Trinajstić information content (AvgIpc) is 2.85. The zero-order valence-electron chi connectivity index (χ0n) is 11.9. The number of hydrogen-bond donors (Lipinski definition) is 1. The van der Waals surface area contributed by atoms with Crippen LogP contribution < -0.4 is 5.32 Å². The molecule has 0 saturated carbocycles. The third-order valence-electron chi connectivity index (χ3n) is 3.69. The zero-order chi connectivity index (χ0) is 13.7. The molecule has 0 fully saturated rings. The Morgan fingerprint density at radius 2 is 2.05 bits per heavy atom. The summed E-state index contributed by atoms with van der Waals surface area (Å²) in [6.45, 7) is 5.05. The molecular weight excluding hydrogens is 256 g/mol. The number of nitrogens with zero attached hydrogens (tertiary/aromatic N) is 1. The topological polar surface area (TPSA) is 33.6 Å². The highest BCUT2D eigenvalue weighted by Gasteiger charge is 2.32. The first-order valence-electron chi connectivity index (χ1n) is 6.79. The number of anilines is 1. The van der Waals surface area contributed by atoms with Crippen LogP contribution in [0.25, 0.3) is 0 Å². The first kappa shape index (κ1) is 14.4. The summed E-state index contributed by atoms with van der Waals surface area (Å²) in [7, 11) is 1.72. The van der Waals surface area contributed by atoms with Gasteiger partial charge in [0.1, 0.15) is 0 Å². The van der Waals surface area contributed by atoms with Crippen molar-refractivity contribution in [1.82, 2.24) is 0 Å². The predicted octanol–water partition coefficient (Wildman–Crippen LogP) is 3.91. The number of aliphatic imine (C=N–C) groups is 1. The van der Waals surface area contributed by atoms with Gasteiger partial charge in [0, 0.05) is 24.1 Å². The third kappa shape index (κ3) is 3.31. The summed E-state index contributed by atoms with van der Waals surface area (Å²) in [6, 6.07) is 8.23. The summed E-state index contributed by atoms with van der Waals surface area (Å²) in [5.41, 5.74) is 2.39. The van der Waals surface area contributed by atoms with Crippen molar-refractivity contribution in [2.45, 2.75) is 38.8 Å². The van der Waals surface area contributed by atoms with Gasteiger partial charge in [-0.1, -0.05) is 43.8 Å². The molecule has 3 nitrogen and oxygen atoms in total. The molecule has 0 radical (unpaired) electrons. The van der Waals surface area contributed by atoms with Crippen molar-refractivity contribution in [2.75, 3.05) is 18.2 Å². The molecule has 0 saturated heterocycles. The Bertz CT molecular complexity index is 455. The minimum Gasteiger partial charge on any atom is -0.380 e. The summed E-state index contributed by atoms with van der Waals surface area (Å²) < 4.78 is 5.23. The van der Waals surface area contributed by atoms with Crippen LogP contribution in [0.1, 0.15) is 32.3 Å². The maximum atomic E-state index is 5.23. The molecule has 0 amide bonds. The van der Waals surface area contributed by atoms with Gasteiger partial charge in [-0.3, -0.25) is 4.99 Å². The van der Waals surface area contributed by atoms with Crippen LogP contribution in [0.2, 0.25) is 0 Å². The fraction of sp³-hybridized carbons (Fsp3) is 0.533. The highest BCUT2D eigenvalue weighted by atomic mass is 32.2. The molecule has 0 spiro atoms. The van der Waals surface area contributed by atoms with E-state index in [0.29, 0.717) is 6.61 Å². The van der Waals surface area contributed by atoms with Crippen LogP contribution in [0.5, 0.6) is 0 Å². The Kier molecular flexibility index (Phi) is 4.88. The summed E-state index contributed by atoms with van der Waals surface area (Å²) in [6.07, 6.45) is 2.20. The van der Waals surface area contributed by atoms with Gasteiger partial charge in [-0.15, -0.1) is 0 Å². The van der Waals surface area contributed by atoms with E-state index in [9.17, 15) is 0 Å². The van der Waals surface area contributed by atoms with E-state index in [1.165, 1.54) is 5.56 Å². The van der Waals surface area contributed by atoms with Crippen molar-refractivity contribution in [3.8, 4) is 0 Å². The standard InChI is InChI=1S/C15H22N2OS/c1-4-15(5-2)11-19-14(17-15)16-13-9-7-6-8-12(13)10-18-3/h6-9H,4-5,10-11H2,1-3H3,(H,16,17). The minimum atomic E-state index is 0.128. The Labute approximate surface area is 119 Å². The molecule has 1 aromatic carbocycles. The van der Waals surface area contributed by atoms with Crippen LogP contribution >= 0.6 is 11.8 Å². The van der Waals surface area contributed by atoms with Gasteiger partial charge in [0.25, 0.3) is 0 Å². The first-order chi connectivity index (χ1) is 9.23. The van der Waals surface area contributed by atoms with Gasteiger partial charge in [-0.05, 0) is 18.9 Å². The van der Waals surface area contributed by atoms with Crippen LogP contribution in [0.15, 0.2) is 29.3 Å². The van der Waals surface area contributed by atoms with Crippen LogP contribution in [0, 0.1) is 0 Å². The predicted molar refractivity (Wildman–Crippen MR) is 84.0 cm³/mol. The maximum absolute atomic E-state index is 5.23. The number of benzene rings is 1. The molecule has 0 aliphatic carbocycles. The Morgan fingerprint density at radius 3 is 2.68 bits per heavy atom.